The van der Waals surface area contributed by atoms with Crippen LogP contribution in [0.2, 0.25) is 0 Å². The van der Waals surface area contributed by atoms with Crippen LogP contribution in [-0.2, 0) is 0 Å². The summed E-state index contributed by atoms with van der Waals surface area (Å²) >= 11 is 0. The van der Waals surface area contributed by atoms with Crippen molar-refractivity contribution in [1.29, 1.82) is 0 Å². The molecule has 0 rings (SSSR count). The van der Waals surface area contributed by atoms with Gasteiger partial charge in [0, 0.05) is 0 Å². The molecule has 0 unspecified atom stereocenters. The van der Waals surface area contributed by atoms with Gasteiger partial charge in [0.15, 0.2) is 0 Å². The van der Waals surface area contributed by atoms with Gasteiger partial charge in [-0.1, -0.05) is 0 Å². The van der Waals surface area contributed by atoms with E-state index in [1.807, 2.05) is 0 Å². The predicted molar refractivity (Wildman–Crippen MR) is 85.5 cm³/mol. The Morgan fingerprint density at radius 2 is 0.611 bits per heavy atom. The molecule has 6 atom stereocenters. The van der Waals surface area contributed by atoms with Gasteiger partial charge in [0.25, 0.3) is 0 Å². The van der Waals surface area contributed by atoms with E-state index in [1.165, 1.54) is 0 Å². The maximum atomic E-state index is 11.5. The molecule has 0 aliphatic heterocycles. The summed E-state index contributed by atoms with van der Waals surface area (Å²) < 4.78 is 225. The topological polar surface area (TPSA) is 0 Å². The molecule has 0 saturated heterocycles. The Morgan fingerprint density at radius 3 is 0.611 bits per heavy atom. The Labute approximate surface area is 190 Å². The monoisotopic (exact) mass is 590 g/mol. The molecule has 0 aliphatic rings. The molecule has 0 N–H and O–H groups in total. The molecule has 0 spiro atoms. The maximum absolute atomic E-state index is 11.5. The molecule has 0 fully saturated rings. The lowest BCUT2D eigenvalue weighted by molar-refractivity contribution is -0.194. The molecule has 0 bridgehead atoms. The minimum atomic E-state index is -5.18. The summed E-state index contributed by atoms with van der Waals surface area (Å²) in [7, 11) is 0. The van der Waals surface area contributed by atoms with E-state index in [9.17, 15) is 87.8 Å². The van der Waals surface area contributed by atoms with E-state index in [4.69, 9.17) is 0 Å². The Balaban J connectivity index is -0.000000190. The number of halogens is 20. The van der Waals surface area contributed by atoms with Gasteiger partial charge in [0.05, 0.1) is 0 Å². The van der Waals surface area contributed by atoms with Crippen LogP contribution >= 0.6 is 0 Å². The van der Waals surface area contributed by atoms with E-state index < -0.39 is 73.4 Å². The molecule has 0 amide bonds. The zero-order valence-corrected chi connectivity index (χ0v) is 18.0. The van der Waals surface area contributed by atoms with E-state index in [0.29, 0.717) is 27.7 Å². The van der Waals surface area contributed by atoms with Crippen molar-refractivity contribution in [3.05, 3.63) is 11.7 Å². The third-order valence-corrected chi connectivity index (χ3v) is 2.70. The first-order valence-electron chi connectivity index (χ1n) is 8.55. The summed E-state index contributed by atoms with van der Waals surface area (Å²) in [5, 5.41) is 0. The first-order valence-corrected chi connectivity index (χ1v) is 8.55. The molecule has 0 radical (unpaired) electrons. The van der Waals surface area contributed by atoms with Gasteiger partial charge < -0.3 is 0 Å². The highest BCUT2D eigenvalue weighted by Crippen LogP contribution is 2.29. The minimum absolute atomic E-state index is 0.406. The van der Waals surface area contributed by atoms with Crippen LogP contribution in [0.25, 0.3) is 0 Å². The lowest BCUT2D eigenvalue weighted by Gasteiger charge is -2.11. The Hall–Kier alpha value is -1.66. The van der Waals surface area contributed by atoms with E-state index in [2.05, 4.69) is 0 Å². The minimum Gasteiger partial charge on any atom is -0.244 e. The van der Waals surface area contributed by atoms with Crippen LogP contribution < -0.4 is 0 Å². The molecule has 0 aromatic rings. The van der Waals surface area contributed by atoms with Gasteiger partial charge in [-0.2, -0.15) is 57.1 Å². The molecule has 0 aromatic carbocycles. The number of rotatable bonds is 3. The largest absolute Gasteiger partial charge is 0.445 e. The van der Waals surface area contributed by atoms with Crippen molar-refractivity contribution >= 4 is 0 Å². The van der Waals surface area contributed by atoms with Crippen LogP contribution in [0.1, 0.15) is 27.7 Å². The average Bonchev–Trinajstić information content (AvgIpc) is 2.63. The van der Waals surface area contributed by atoms with Crippen molar-refractivity contribution in [3.63, 3.8) is 0 Å². The summed E-state index contributed by atoms with van der Waals surface area (Å²) in [6.45, 7) is 1.98. The highest BCUT2D eigenvalue weighted by atomic mass is 19.4. The van der Waals surface area contributed by atoms with Crippen LogP contribution in [0.3, 0.4) is 0 Å². The summed E-state index contributed by atoms with van der Waals surface area (Å²) in [5.41, 5.74) is 0. The Bertz CT molecular complexity index is 530. The van der Waals surface area contributed by atoms with Crippen molar-refractivity contribution in [2.45, 2.75) is 89.4 Å². The highest BCUT2D eigenvalue weighted by Gasteiger charge is 2.45. The Morgan fingerprint density at radius 1 is 0.444 bits per heavy atom. The van der Waals surface area contributed by atoms with Gasteiger partial charge >= 0.3 is 24.7 Å². The molecule has 36 heavy (non-hydrogen) atoms. The van der Waals surface area contributed by atoms with Crippen molar-refractivity contribution in [2.24, 2.45) is 0 Å². The van der Waals surface area contributed by atoms with Crippen LogP contribution in [-0.4, -0.2) is 61.7 Å². The smallest absolute Gasteiger partial charge is 0.244 e. The zero-order valence-electron chi connectivity index (χ0n) is 18.0. The van der Waals surface area contributed by atoms with Gasteiger partial charge in [0.1, 0.15) is 24.3 Å². The van der Waals surface area contributed by atoms with Crippen molar-refractivity contribution in [2.75, 3.05) is 0 Å². The molecular weight excluding hydrogens is 572 g/mol. The Kier molecular flexibility index (Phi) is 18.7. The van der Waals surface area contributed by atoms with E-state index >= 15 is 0 Å². The van der Waals surface area contributed by atoms with Crippen molar-refractivity contribution in [3.8, 4) is 0 Å². The summed E-state index contributed by atoms with van der Waals surface area (Å²) in [6, 6.07) is 0. The lowest BCUT2D eigenvalue weighted by Crippen LogP contribution is -2.31. The number of hydrogen-bond acceptors (Lipinski definition) is 0. The maximum Gasteiger partial charge on any atom is 0.445 e. The van der Waals surface area contributed by atoms with Gasteiger partial charge in [-0.15, -0.1) is 0 Å². The third-order valence-electron chi connectivity index (χ3n) is 2.70. The van der Waals surface area contributed by atoms with Gasteiger partial charge in [-0.25, -0.2) is 30.7 Å². The molecule has 0 aliphatic carbocycles. The number of hydrogen-bond donors (Lipinski definition) is 0. The predicted octanol–water partition coefficient (Wildman–Crippen LogP) is 9.45. The van der Waals surface area contributed by atoms with Crippen molar-refractivity contribution < 1.29 is 87.8 Å². The van der Waals surface area contributed by atoms with Gasteiger partial charge in [-0.05, 0) is 27.7 Å². The molecule has 222 valence electrons. The normalized spacial score (nSPS) is 18.3. The van der Waals surface area contributed by atoms with E-state index in [-0.39, 0.29) is 0 Å². The summed E-state index contributed by atoms with van der Waals surface area (Å²) in [4.78, 5) is 0. The molecule has 20 heteroatoms. The van der Waals surface area contributed by atoms with Crippen LogP contribution in [0, 0.1) is 0 Å². The first-order chi connectivity index (χ1) is 15.4. The van der Waals surface area contributed by atoms with Gasteiger partial charge in [-0.3, -0.25) is 0 Å². The van der Waals surface area contributed by atoms with Crippen molar-refractivity contribution in [1.82, 2.24) is 0 Å². The molecular formula is C16H18F20. The van der Waals surface area contributed by atoms with Gasteiger partial charge in [0.2, 0.25) is 24.3 Å². The van der Waals surface area contributed by atoms with Crippen LogP contribution in [0.4, 0.5) is 87.8 Å². The number of alkyl halides is 18. The fourth-order valence-electron chi connectivity index (χ4n) is 0.977. The first kappa shape index (κ1) is 41.5. The van der Waals surface area contributed by atoms with E-state index in [1.54, 1.807) is 0 Å². The second-order valence-corrected chi connectivity index (χ2v) is 6.21. The second-order valence-electron chi connectivity index (χ2n) is 6.21. The molecule has 0 heterocycles. The molecule has 0 nitrogen and oxygen atoms in total. The third kappa shape index (κ3) is 21.6. The average molecular weight is 590 g/mol. The standard InChI is InChI=1S/3C4H5F5.C4H3F5/c4*1-2(5)3(6)4(7,8)9/h3*2-3H,1H3;1H3/t2*2-,3+;2-,3-;/m100./s1. The molecule has 0 aromatic heterocycles. The molecule has 0 saturated carbocycles. The fraction of sp³-hybridized carbons (Fsp3) is 0.875. The highest BCUT2D eigenvalue weighted by molar-refractivity contribution is 5.02. The fourth-order valence-corrected chi connectivity index (χ4v) is 0.977. The SMILES string of the molecule is CC(F)=C(F)C(F)(F)F.C[C@@H](F)[C@H](F)C(F)(F)F.C[C@H](F)[C@@H](F)C(F)(F)F.C[C@H](F)[C@H](F)C(F)(F)F. The summed E-state index contributed by atoms with van der Waals surface area (Å²) in [6.07, 6.45) is -37.9. The number of allylic oxidation sites excluding steroid dienone is 2. The van der Waals surface area contributed by atoms with Crippen LogP contribution in [0.5, 0.6) is 0 Å². The second kappa shape index (κ2) is 16.2. The zero-order chi connectivity index (χ0) is 30.6. The van der Waals surface area contributed by atoms with Crippen LogP contribution in [0.15, 0.2) is 11.7 Å². The van der Waals surface area contributed by atoms with E-state index in [0.717, 1.165) is 0 Å². The lowest BCUT2D eigenvalue weighted by atomic mass is 10.3. The quantitative estimate of drug-likeness (QED) is 0.288. The summed E-state index contributed by atoms with van der Waals surface area (Å²) in [5.74, 6) is -4.51.